The lowest BCUT2D eigenvalue weighted by Crippen LogP contribution is -2.24. The average molecular weight is 224 g/mol. The lowest BCUT2D eigenvalue weighted by atomic mass is 9.79. The lowest BCUT2D eigenvalue weighted by Gasteiger charge is -2.27. The van der Waals surface area contributed by atoms with Crippen LogP contribution >= 0.6 is 0 Å². The van der Waals surface area contributed by atoms with Gasteiger partial charge in [-0.3, -0.25) is 4.68 Å². The molecule has 3 heteroatoms. The zero-order valence-corrected chi connectivity index (χ0v) is 11.5. The Morgan fingerprint density at radius 3 is 1.88 bits per heavy atom. The van der Waals surface area contributed by atoms with Crippen molar-refractivity contribution >= 4 is 0 Å². The predicted octanol–water partition coefficient (Wildman–Crippen LogP) is 3.20. The fraction of sp³-hybridized carbons (Fsp3) is 0.769. The predicted molar refractivity (Wildman–Crippen MR) is 67.0 cm³/mol. The highest BCUT2D eigenvalue weighted by molar-refractivity contribution is 5.40. The van der Waals surface area contributed by atoms with E-state index in [9.17, 15) is 5.11 Å². The van der Waals surface area contributed by atoms with Crippen molar-refractivity contribution < 1.29 is 5.11 Å². The highest BCUT2D eigenvalue weighted by atomic mass is 16.3. The zero-order chi connectivity index (χ0) is 12.7. The molecule has 92 valence electrons. The van der Waals surface area contributed by atoms with E-state index >= 15 is 0 Å². The van der Waals surface area contributed by atoms with Gasteiger partial charge >= 0.3 is 0 Å². The van der Waals surface area contributed by atoms with Crippen LogP contribution in [0.3, 0.4) is 0 Å². The SMILES string of the molecule is CCn1nc(O)c(C(C)(C)C)c1C(C)(C)C. The van der Waals surface area contributed by atoms with E-state index in [0.29, 0.717) is 0 Å². The van der Waals surface area contributed by atoms with Crippen molar-refractivity contribution in [1.82, 2.24) is 9.78 Å². The Hall–Kier alpha value is -0.990. The van der Waals surface area contributed by atoms with Gasteiger partial charge in [-0.2, -0.15) is 0 Å². The summed E-state index contributed by atoms with van der Waals surface area (Å²) in [6, 6.07) is 0. The van der Waals surface area contributed by atoms with Gasteiger partial charge in [0.1, 0.15) is 0 Å². The van der Waals surface area contributed by atoms with E-state index in [-0.39, 0.29) is 16.7 Å². The summed E-state index contributed by atoms with van der Waals surface area (Å²) in [6.07, 6.45) is 0. The van der Waals surface area contributed by atoms with Gasteiger partial charge < -0.3 is 5.11 Å². The maximum Gasteiger partial charge on any atom is 0.234 e. The molecule has 1 rings (SSSR count). The molecule has 0 radical (unpaired) electrons. The van der Waals surface area contributed by atoms with Crippen LogP contribution in [-0.4, -0.2) is 14.9 Å². The van der Waals surface area contributed by atoms with Crippen molar-refractivity contribution in [2.45, 2.75) is 65.8 Å². The summed E-state index contributed by atoms with van der Waals surface area (Å²) < 4.78 is 1.91. The number of nitrogens with zero attached hydrogens (tertiary/aromatic N) is 2. The third-order valence-electron chi connectivity index (χ3n) is 2.69. The molecule has 0 atom stereocenters. The standard InChI is InChI=1S/C13H24N2O/c1-8-15-10(13(5,6)7)9(11(16)14-15)12(2,3)4/h8H2,1-7H3,(H,14,16). The fourth-order valence-electron chi connectivity index (χ4n) is 2.13. The number of hydrogen-bond acceptors (Lipinski definition) is 2. The van der Waals surface area contributed by atoms with Crippen LogP contribution in [0.2, 0.25) is 0 Å². The molecule has 1 N–H and O–H groups in total. The van der Waals surface area contributed by atoms with Crippen molar-refractivity contribution in [3.63, 3.8) is 0 Å². The largest absolute Gasteiger partial charge is 0.492 e. The van der Waals surface area contributed by atoms with Crippen LogP contribution in [0.25, 0.3) is 0 Å². The second-order valence-electron chi connectivity index (χ2n) is 6.36. The molecule has 0 aliphatic rings. The van der Waals surface area contributed by atoms with Gasteiger partial charge in [-0.15, -0.1) is 5.10 Å². The molecule has 0 amide bonds. The van der Waals surface area contributed by atoms with Gasteiger partial charge in [0, 0.05) is 17.5 Å². The van der Waals surface area contributed by atoms with Gasteiger partial charge in [0.25, 0.3) is 0 Å². The maximum atomic E-state index is 10.0. The minimum absolute atomic E-state index is 0.00734. The van der Waals surface area contributed by atoms with Crippen molar-refractivity contribution in [1.29, 1.82) is 0 Å². The number of aromatic hydroxyl groups is 1. The van der Waals surface area contributed by atoms with Crippen LogP contribution in [0.5, 0.6) is 5.88 Å². The molecule has 0 spiro atoms. The Kier molecular flexibility index (Phi) is 3.10. The number of rotatable bonds is 1. The highest BCUT2D eigenvalue weighted by Crippen LogP contribution is 2.38. The smallest absolute Gasteiger partial charge is 0.234 e. The normalized spacial score (nSPS) is 13.2. The van der Waals surface area contributed by atoms with Gasteiger partial charge in [0.2, 0.25) is 5.88 Å². The molecule has 0 bridgehead atoms. The molecule has 0 saturated carbocycles. The topological polar surface area (TPSA) is 38.0 Å². The Morgan fingerprint density at radius 1 is 1.06 bits per heavy atom. The summed E-state index contributed by atoms with van der Waals surface area (Å²) in [5.41, 5.74) is 2.02. The zero-order valence-electron chi connectivity index (χ0n) is 11.5. The van der Waals surface area contributed by atoms with E-state index in [1.54, 1.807) is 0 Å². The summed E-state index contributed by atoms with van der Waals surface area (Å²) in [7, 11) is 0. The van der Waals surface area contributed by atoms with E-state index < -0.39 is 0 Å². The number of hydrogen-bond donors (Lipinski definition) is 1. The monoisotopic (exact) mass is 224 g/mol. The molecular formula is C13H24N2O. The van der Waals surface area contributed by atoms with Crippen LogP contribution < -0.4 is 0 Å². The van der Waals surface area contributed by atoms with Crippen molar-refractivity contribution in [3.05, 3.63) is 11.3 Å². The molecule has 0 fully saturated rings. The van der Waals surface area contributed by atoms with Crippen LogP contribution in [-0.2, 0) is 17.4 Å². The minimum atomic E-state index is -0.0832. The second kappa shape index (κ2) is 3.79. The first kappa shape index (κ1) is 13.1. The van der Waals surface area contributed by atoms with E-state index in [1.807, 2.05) is 11.6 Å². The molecule has 0 aliphatic carbocycles. The Morgan fingerprint density at radius 2 is 1.56 bits per heavy atom. The minimum Gasteiger partial charge on any atom is -0.492 e. The molecule has 1 aromatic heterocycles. The van der Waals surface area contributed by atoms with E-state index in [4.69, 9.17) is 0 Å². The Bertz CT molecular complexity index is 378. The first-order chi connectivity index (χ1) is 7.09. The van der Waals surface area contributed by atoms with Crippen molar-refractivity contribution in [2.75, 3.05) is 0 Å². The number of aryl methyl sites for hydroxylation is 1. The Balaban J connectivity index is 3.54. The second-order valence-corrected chi connectivity index (χ2v) is 6.36. The summed E-state index contributed by atoms with van der Waals surface area (Å²) in [5.74, 6) is 0.180. The number of aromatic nitrogens is 2. The summed E-state index contributed by atoms with van der Waals surface area (Å²) in [6.45, 7) is 15.6. The van der Waals surface area contributed by atoms with Gasteiger partial charge in [0.15, 0.2) is 0 Å². The van der Waals surface area contributed by atoms with Gasteiger partial charge in [-0.1, -0.05) is 41.5 Å². The summed E-state index contributed by atoms with van der Waals surface area (Å²) in [4.78, 5) is 0. The van der Waals surface area contributed by atoms with Crippen molar-refractivity contribution in [2.24, 2.45) is 0 Å². The van der Waals surface area contributed by atoms with E-state index in [0.717, 1.165) is 17.8 Å². The van der Waals surface area contributed by atoms with Crippen LogP contribution in [0, 0.1) is 0 Å². The Labute approximate surface area is 98.5 Å². The van der Waals surface area contributed by atoms with Gasteiger partial charge in [-0.05, 0) is 12.3 Å². The third-order valence-corrected chi connectivity index (χ3v) is 2.69. The molecule has 0 unspecified atom stereocenters. The van der Waals surface area contributed by atoms with Gasteiger partial charge in [0.05, 0.1) is 5.69 Å². The molecule has 1 aromatic rings. The molecular weight excluding hydrogens is 200 g/mol. The average Bonchev–Trinajstić information content (AvgIpc) is 2.40. The quantitative estimate of drug-likeness (QED) is 0.795. The first-order valence-electron chi connectivity index (χ1n) is 5.89. The molecule has 3 nitrogen and oxygen atoms in total. The van der Waals surface area contributed by atoms with Gasteiger partial charge in [-0.25, -0.2) is 0 Å². The van der Waals surface area contributed by atoms with E-state index in [1.165, 1.54) is 0 Å². The van der Waals surface area contributed by atoms with Crippen LogP contribution in [0.1, 0.15) is 59.7 Å². The summed E-state index contributed by atoms with van der Waals surface area (Å²) in [5, 5.41) is 14.2. The van der Waals surface area contributed by atoms with Crippen molar-refractivity contribution in [3.8, 4) is 5.88 Å². The molecule has 0 aliphatic heterocycles. The van der Waals surface area contributed by atoms with Crippen LogP contribution in [0.4, 0.5) is 0 Å². The molecule has 16 heavy (non-hydrogen) atoms. The molecule has 1 heterocycles. The first-order valence-corrected chi connectivity index (χ1v) is 5.89. The highest BCUT2D eigenvalue weighted by Gasteiger charge is 2.33. The third kappa shape index (κ3) is 2.23. The van der Waals surface area contributed by atoms with Crippen LogP contribution in [0.15, 0.2) is 0 Å². The maximum absolute atomic E-state index is 10.0. The summed E-state index contributed by atoms with van der Waals surface area (Å²) >= 11 is 0. The molecule has 0 saturated heterocycles. The molecule has 0 aromatic carbocycles. The lowest BCUT2D eigenvalue weighted by molar-refractivity contribution is 0.422. The fourth-order valence-corrected chi connectivity index (χ4v) is 2.13. The van der Waals surface area contributed by atoms with E-state index in [2.05, 4.69) is 46.6 Å².